The standard InChI is InChI=1S/C15H16N4O4S/c1-18-12(20)7-9(14(18)10-3-2-6-24-10)15(23)16-11-4-5-19(17-11)8-13(21)22/h2-6,9,14H,7-8H2,1H3,(H,21,22)(H,16,17,23)/t9-,14-/m0/s1. The number of carbonyl (C=O) groups excluding carboxylic acids is 2. The van der Waals surface area contributed by atoms with Crippen molar-refractivity contribution in [3.8, 4) is 0 Å². The van der Waals surface area contributed by atoms with Gasteiger partial charge in [-0.1, -0.05) is 6.07 Å². The van der Waals surface area contributed by atoms with E-state index in [4.69, 9.17) is 5.11 Å². The summed E-state index contributed by atoms with van der Waals surface area (Å²) in [5.74, 6) is -1.63. The molecule has 1 fully saturated rings. The van der Waals surface area contributed by atoms with E-state index in [1.54, 1.807) is 11.9 Å². The molecule has 2 aromatic heterocycles. The molecule has 2 aromatic rings. The highest BCUT2D eigenvalue weighted by Gasteiger charge is 2.43. The van der Waals surface area contributed by atoms with Crippen molar-refractivity contribution in [2.75, 3.05) is 12.4 Å². The van der Waals surface area contributed by atoms with Gasteiger partial charge in [0.15, 0.2) is 5.82 Å². The normalized spacial score (nSPS) is 20.4. The molecular formula is C15H16N4O4S. The Bertz CT molecular complexity index is 770. The van der Waals surface area contributed by atoms with Crippen molar-refractivity contribution in [3.63, 3.8) is 0 Å². The Labute approximate surface area is 141 Å². The predicted octanol–water partition coefficient (Wildman–Crippen LogP) is 1.19. The van der Waals surface area contributed by atoms with Crippen molar-refractivity contribution < 1.29 is 19.5 Å². The number of hydrogen-bond acceptors (Lipinski definition) is 5. The van der Waals surface area contributed by atoms with E-state index in [0.29, 0.717) is 0 Å². The van der Waals surface area contributed by atoms with Crippen LogP contribution in [-0.4, -0.2) is 44.6 Å². The molecule has 0 saturated carbocycles. The van der Waals surface area contributed by atoms with Gasteiger partial charge in [0.1, 0.15) is 6.54 Å². The third-order valence-corrected chi connectivity index (χ3v) is 4.89. The minimum Gasteiger partial charge on any atom is -0.480 e. The molecule has 0 aromatic carbocycles. The second-order valence-electron chi connectivity index (χ2n) is 5.56. The number of aromatic nitrogens is 2. The molecular weight excluding hydrogens is 332 g/mol. The summed E-state index contributed by atoms with van der Waals surface area (Å²) in [5, 5.41) is 17.3. The van der Waals surface area contributed by atoms with Gasteiger partial charge < -0.3 is 15.3 Å². The molecule has 0 radical (unpaired) electrons. The van der Waals surface area contributed by atoms with Crippen molar-refractivity contribution in [3.05, 3.63) is 34.7 Å². The molecule has 1 aliphatic rings. The van der Waals surface area contributed by atoms with Gasteiger partial charge in [-0.25, -0.2) is 0 Å². The van der Waals surface area contributed by atoms with E-state index in [1.165, 1.54) is 28.3 Å². The molecule has 1 saturated heterocycles. The molecule has 126 valence electrons. The maximum Gasteiger partial charge on any atom is 0.325 e. The van der Waals surface area contributed by atoms with Crippen LogP contribution in [0.4, 0.5) is 5.82 Å². The van der Waals surface area contributed by atoms with Crippen molar-refractivity contribution in [2.45, 2.75) is 19.0 Å². The second-order valence-corrected chi connectivity index (χ2v) is 6.54. The molecule has 9 heteroatoms. The van der Waals surface area contributed by atoms with Crippen LogP contribution in [0.1, 0.15) is 17.3 Å². The largest absolute Gasteiger partial charge is 0.480 e. The highest BCUT2D eigenvalue weighted by molar-refractivity contribution is 7.10. The van der Waals surface area contributed by atoms with E-state index >= 15 is 0 Å². The average molecular weight is 348 g/mol. The minimum absolute atomic E-state index is 0.0787. The van der Waals surface area contributed by atoms with Gasteiger partial charge in [-0.05, 0) is 11.4 Å². The molecule has 3 rings (SSSR count). The summed E-state index contributed by atoms with van der Waals surface area (Å²) in [6.45, 7) is -0.279. The number of carboxylic acid groups (broad SMARTS) is 1. The summed E-state index contributed by atoms with van der Waals surface area (Å²) < 4.78 is 1.22. The van der Waals surface area contributed by atoms with E-state index in [2.05, 4.69) is 10.4 Å². The first kappa shape index (κ1) is 16.2. The number of aliphatic carboxylic acids is 1. The lowest BCUT2D eigenvalue weighted by Gasteiger charge is -2.23. The molecule has 8 nitrogen and oxygen atoms in total. The van der Waals surface area contributed by atoms with E-state index in [-0.39, 0.29) is 36.6 Å². The number of thiophene rings is 1. The van der Waals surface area contributed by atoms with Crippen LogP contribution in [0, 0.1) is 5.92 Å². The fourth-order valence-electron chi connectivity index (χ4n) is 2.83. The smallest absolute Gasteiger partial charge is 0.325 e. The number of carbonyl (C=O) groups is 3. The van der Waals surface area contributed by atoms with Crippen LogP contribution in [-0.2, 0) is 20.9 Å². The maximum atomic E-state index is 12.6. The lowest BCUT2D eigenvalue weighted by Crippen LogP contribution is -2.29. The highest BCUT2D eigenvalue weighted by Crippen LogP contribution is 2.39. The van der Waals surface area contributed by atoms with Crippen molar-refractivity contribution in [1.29, 1.82) is 0 Å². The van der Waals surface area contributed by atoms with Crippen molar-refractivity contribution in [2.24, 2.45) is 5.92 Å². The van der Waals surface area contributed by atoms with Gasteiger partial charge in [-0.15, -0.1) is 11.3 Å². The van der Waals surface area contributed by atoms with Crippen LogP contribution in [0.15, 0.2) is 29.8 Å². The number of rotatable bonds is 5. The Morgan fingerprint density at radius 3 is 2.92 bits per heavy atom. The van der Waals surface area contributed by atoms with Crippen molar-refractivity contribution in [1.82, 2.24) is 14.7 Å². The van der Waals surface area contributed by atoms with Crippen LogP contribution in [0.2, 0.25) is 0 Å². The quantitative estimate of drug-likeness (QED) is 0.844. The average Bonchev–Trinajstić information content (AvgIpc) is 3.22. The topological polar surface area (TPSA) is 105 Å². The Hall–Kier alpha value is -2.68. The minimum atomic E-state index is -1.02. The summed E-state index contributed by atoms with van der Waals surface area (Å²) in [4.78, 5) is 37.9. The monoisotopic (exact) mass is 348 g/mol. The molecule has 24 heavy (non-hydrogen) atoms. The first-order chi connectivity index (χ1) is 11.5. The summed E-state index contributed by atoms with van der Waals surface area (Å²) in [7, 11) is 1.70. The first-order valence-electron chi connectivity index (χ1n) is 7.31. The fourth-order valence-corrected chi connectivity index (χ4v) is 3.76. The summed E-state index contributed by atoms with van der Waals surface area (Å²) in [5.41, 5.74) is 0. The zero-order valence-electron chi connectivity index (χ0n) is 12.9. The molecule has 0 spiro atoms. The van der Waals surface area contributed by atoms with Gasteiger partial charge in [0.2, 0.25) is 11.8 Å². The van der Waals surface area contributed by atoms with Gasteiger partial charge in [-0.2, -0.15) is 5.10 Å². The number of nitrogens with zero attached hydrogens (tertiary/aromatic N) is 3. The Balaban J connectivity index is 1.75. The number of carboxylic acids is 1. The lowest BCUT2D eigenvalue weighted by molar-refractivity contribution is -0.138. The van der Waals surface area contributed by atoms with E-state index in [0.717, 1.165) is 4.88 Å². The van der Waals surface area contributed by atoms with Gasteiger partial charge in [0.05, 0.1) is 12.0 Å². The number of anilines is 1. The molecule has 0 unspecified atom stereocenters. The summed E-state index contributed by atoms with van der Waals surface area (Å²) in [6, 6.07) is 5.03. The zero-order valence-corrected chi connectivity index (χ0v) is 13.7. The first-order valence-corrected chi connectivity index (χ1v) is 8.19. The van der Waals surface area contributed by atoms with Crippen LogP contribution in [0.3, 0.4) is 0 Å². The molecule has 0 bridgehead atoms. The molecule has 0 aliphatic carbocycles. The van der Waals surface area contributed by atoms with Crippen LogP contribution in [0.25, 0.3) is 0 Å². The maximum absolute atomic E-state index is 12.6. The highest BCUT2D eigenvalue weighted by atomic mass is 32.1. The molecule has 2 atom stereocenters. The van der Waals surface area contributed by atoms with Crippen molar-refractivity contribution >= 4 is 34.9 Å². The number of hydrogen-bond donors (Lipinski definition) is 2. The lowest BCUT2D eigenvalue weighted by atomic mass is 9.98. The fraction of sp³-hybridized carbons (Fsp3) is 0.333. The van der Waals surface area contributed by atoms with Gasteiger partial charge in [-0.3, -0.25) is 19.1 Å². The second kappa shape index (κ2) is 6.44. The Morgan fingerprint density at radius 2 is 2.25 bits per heavy atom. The summed E-state index contributed by atoms with van der Waals surface area (Å²) >= 11 is 1.51. The van der Waals surface area contributed by atoms with Gasteiger partial charge in [0, 0.05) is 30.6 Å². The molecule has 2 N–H and O–H groups in total. The third-order valence-electron chi connectivity index (χ3n) is 3.95. The van der Waals surface area contributed by atoms with E-state index in [1.807, 2.05) is 17.5 Å². The predicted molar refractivity (Wildman–Crippen MR) is 86.4 cm³/mol. The van der Waals surface area contributed by atoms with Crippen LogP contribution < -0.4 is 5.32 Å². The Kier molecular flexibility index (Phi) is 4.34. The number of amides is 2. The number of likely N-dealkylation sites (tertiary alicyclic amines) is 1. The SMILES string of the molecule is CN1C(=O)C[C@H](C(=O)Nc2ccn(CC(=O)O)n2)[C@H]1c1cccs1. The molecule has 3 heterocycles. The third kappa shape index (κ3) is 3.16. The van der Waals surface area contributed by atoms with Crippen LogP contribution >= 0.6 is 11.3 Å². The van der Waals surface area contributed by atoms with E-state index in [9.17, 15) is 14.4 Å². The number of nitrogens with one attached hydrogen (secondary N) is 1. The van der Waals surface area contributed by atoms with Crippen LogP contribution in [0.5, 0.6) is 0 Å². The Morgan fingerprint density at radius 1 is 1.46 bits per heavy atom. The van der Waals surface area contributed by atoms with Gasteiger partial charge >= 0.3 is 5.97 Å². The molecule has 1 aliphatic heterocycles. The van der Waals surface area contributed by atoms with Gasteiger partial charge in [0.25, 0.3) is 0 Å². The summed E-state index contributed by atoms with van der Waals surface area (Å²) in [6.07, 6.45) is 1.62. The zero-order chi connectivity index (χ0) is 17.3. The molecule has 2 amide bonds. The van der Waals surface area contributed by atoms with E-state index < -0.39 is 11.9 Å².